The Morgan fingerprint density at radius 3 is 2.79 bits per heavy atom. The Balaban J connectivity index is 1.55. The molecule has 2 aliphatic rings. The molecule has 2 aliphatic carbocycles. The molecule has 1 amide bonds. The topological polar surface area (TPSA) is 102 Å². The van der Waals surface area contributed by atoms with Gasteiger partial charge in [0.15, 0.2) is 0 Å². The number of aromatic nitrogens is 2. The molecule has 7 nitrogen and oxygen atoms in total. The summed E-state index contributed by atoms with van der Waals surface area (Å²) in [5.74, 6) is 0.568. The Morgan fingerprint density at radius 2 is 2.12 bits per heavy atom. The van der Waals surface area contributed by atoms with Crippen LogP contribution < -0.4 is 4.72 Å². The molecule has 2 saturated carbocycles. The summed E-state index contributed by atoms with van der Waals surface area (Å²) >= 11 is 0. The SMILES string of the molecule is O=C(NS(=O)(=O)c1cccc(-c2nnco2)c1)[C@@H]1C[C@H]2CC[C@H]1C2. The first-order valence-corrected chi connectivity index (χ1v) is 9.44. The number of sulfonamides is 1. The normalized spacial score (nSPS) is 25.8. The van der Waals surface area contributed by atoms with Crippen molar-refractivity contribution in [3.63, 3.8) is 0 Å². The molecule has 2 bridgehead atoms. The van der Waals surface area contributed by atoms with E-state index in [1.165, 1.54) is 18.5 Å². The van der Waals surface area contributed by atoms with Gasteiger partial charge in [-0.3, -0.25) is 4.79 Å². The molecule has 0 radical (unpaired) electrons. The summed E-state index contributed by atoms with van der Waals surface area (Å²) in [6.45, 7) is 0. The number of fused-ring (bicyclic) bond motifs is 2. The van der Waals surface area contributed by atoms with Crippen LogP contribution in [0.2, 0.25) is 0 Å². The van der Waals surface area contributed by atoms with Crippen LogP contribution in [0.1, 0.15) is 25.7 Å². The molecule has 0 aliphatic heterocycles. The molecule has 0 unspecified atom stereocenters. The van der Waals surface area contributed by atoms with Gasteiger partial charge in [0.1, 0.15) is 0 Å². The molecule has 2 aromatic rings. The lowest BCUT2D eigenvalue weighted by Crippen LogP contribution is -2.37. The number of hydrogen-bond donors (Lipinski definition) is 1. The Morgan fingerprint density at radius 1 is 1.25 bits per heavy atom. The number of amides is 1. The van der Waals surface area contributed by atoms with Crippen molar-refractivity contribution >= 4 is 15.9 Å². The second-order valence-corrected chi connectivity index (χ2v) is 8.21. The highest BCUT2D eigenvalue weighted by atomic mass is 32.2. The van der Waals surface area contributed by atoms with Gasteiger partial charge in [-0.25, -0.2) is 13.1 Å². The summed E-state index contributed by atoms with van der Waals surface area (Å²) in [6, 6.07) is 6.11. The number of benzene rings is 1. The van der Waals surface area contributed by atoms with Crippen LogP contribution in [0.25, 0.3) is 11.5 Å². The summed E-state index contributed by atoms with van der Waals surface area (Å²) in [6.07, 6.45) is 5.20. The molecule has 0 saturated heterocycles. The van der Waals surface area contributed by atoms with Crippen molar-refractivity contribution in [2.24, 2.45) is 17.8 Å². The lowest BCUT2D eigenvalue weighted by atomic mass is 9.88. The molecule has 1 aromatic carbocycles. The fourth-order valence-corrected chi connectivity index (χ4v) is 5.00. The van der Waals surface area contributed by atoms with Gasteiger partial charge >= 0.3 is 0 Å². The molecule has 24 heavy (non-hydrogen) atoms. The fourth-order valence-electron chi connectivity index (χ4n) is 3.93. The number of carbonyl (C=O) groups excluding carboxylic acids is 1. The summed E-state index contributed by atoms with van der Waals surface area (Å²) in [7, 11) is -3.92. The van der Waals surface area contributed by atoms with E-state index >= 15 is 0 Å². The van der Waals surface area contributed by atoms with Crippen molar-refractivity contribution in [3.05, 3.63) is 30.7 Å². The van der Waals surface area contributed by atoms with Gasteiger partial charge in [-0.1, -0.05) is 12.5 Å². The van der Waals surface area contributed by atoms with E-state index in [1.807, 2.05) is 0 Å². The molecule has 1 heterocycles. The third-order valence-corrected chi connectivity index (χ3v) is 6.41. The van der Waals surface area contributed by atoms with Crippen LogP contribution in [0.5, 0.6) is 0 Å². The summed E-state index contributed by atoms with van der Waals surface area (Å²) in [4.78, 5) is 12.4. The Labute approximate surface area is 139 Å². The second kappa shape index (κ2) is 5.70. The predicted octanol–water partition coefficient (Wildman–Crippen LogP) is 1.98. The zero-order valence-electron chi connectivity index (χ0n) is 12.9. The molecular weight excluding hydrogens is 330 g/mol. The number of nitrogens with one attached hydrogen (secondary N) is 1. The van der Waals surface area contributed by atoms with E-state index in [0.717, 1.165) is 25.7 Å². The van der Waals surface area contributed by atoms with Gasteiger partial charge in [-0.15, -0.1) is 10.2 Å². The molecule has 0 spiro atoms. The lowest BCUT2D eigenvalue weighted by Gasteiger charge is -2.20. The number of carbonyl (C=O) groups is 1. The van der Waals surface area contributed by atoms with Gasteiger partial charge in [0, 0.05) is 11.5 Å². The lowest BCUT2D eigenvalue weighted by molar-refractivity contribution is -0.124. The van der Waals surface area contributed by atoms with Crippen LogP contribution >= 0.6 is 0 Å². The van der Waals surface area contributed by atoms with E-state index in [-0.39, 0.29) is 22.6 Å². The van der Waals surface area contributed by atoms with E-state index in [4.69, 9.17) is 4.42 Å². The number of nitrogens with zero attached hydrogens (tertiary/aromatic N) is 2. The van der Waals surface area contributed by atoms with Crippen LogP contribution in [-0.4, -0.2) is 24.5 Å². The van der Waals surface area contributed by atoms with Gasteiger partial charge in [0.2, 0.25) is 18.2 Å². The maximum atomic E-state index is 12.5. The van der Waals surface area contributed by atoms with Gasteiger partial charge < -0.3 is 4.42 Å². The quantitative estimate of drug-likeness (QED) is 0.907. The average Bonchev–Trinajstić information content (AvgIpc) is 3.32. The van der Waals surface area contributed by atoms with Crippen LogP contribution in [0.15, 0.2) is 40.0 Å². The fraction of sp³-hybridized carbons (Fsp3) is 0.438. The van der Waals surface area contributed by atoms with Crippen molar-refractivity contribution < 1.29 is 17.6 Å². The van der Waals surface area contributed by atoms with Crippen molar-refractivity contribution in [1.29, 1.82) is 0 Å². The molecule has 4 rings (SSSR count). The third-order valence-electron chi connectivity index (χ3n) is 5.06. The minimum Gasteiger partial charge on any atom is -0.423 e. The highest BCUT2D eigenvalue weighted by molar-refractivity contribution is 7.90. The predicted molar refractivity (Wildman–Crippen MR) is 84.0 cm³/mol. The minimum absolute atomic E-state index is 0.00899. The van der Waals surface area contributed by atoms with E-state index in [1.54, 1.807) is 12.1 Å². The van der Waals surface area contributed by atoms with E-state index in [2.05, 4.69) is 14.9 Å². The van der Waals surface area contributed by atoms with Crippen LogP contribution in [0.3, 0.4) is 0 Å². The van der Waals surface area contributed by atoms with Crippen LogP contribution in [0, 0.1) is 17.8 Å². The van der Waals surface area contributed by atoms with Crippen molar-refractivity contribution in [2.75, 3.05) is 0 Å². The van der Waals surface area contributed by atoms with Crippen LogP contribution in [-0.2, 0) is 14.8 Å². The highest BCUT2D eigenvalue weighted by Gasteiger charge is 2.43. The van der Waals surface area contributed by atoms with Gasteiger partial charge in [-0.2, -0.15) is 0 Å². The smallest absolute Gasteiger partial charge is 0.264 e. The largest absolute Gasteiger partial charge is 0.423 e. The third kappa shape index (κ3) is 2.71. The summed E-state index contributed by atoms with van der Waals surface area (Å²) in [5.41, 5.74) is 0.489. The van der Waals surface area contributed by atoms with E-state index < -0.39 is 10.0 Å². The molecular formula is C16H17N3O4S. The number of hydrogen-bond acceptors (Lipinski definition) is 6. The minimum atomic E-state index is -3.92. The summed E-state index contributed by atoms with van der Waals surface area (Å²) in [5, 5.41) is 7.34. The monoisotopic (exact) mass is 347 g/mol. The zero-order chi connectivity index (χ0) is 16.7. The molecule has 3 atom stereocenters. The van der Waals surface area contributed by atoms with Crippen LogP contribution in [0.4, 0.5) is 0 Å². The standard InChI is InChI=1S/C16H17N3O4S/c20-15(14-7-10-4-5-11(14)6-10)19-24(21,22)13-3-1-2-12(8-13)16-18-17-9-23-16/h1-3,8-11,14H,4-7H2,(H,19,20)/t10-,11-,14+/m0/s1. The molecule has 2 fully saturated rings. The van der Waals surface area contributed by atoms with Crippen molar-refractivity contribution in [3.8, 4) is 11.5 Å². The van der Waals surface area contributed by atoms with Gasteiger partial charge in [0.05, 0.1) is 4.90 Å². The second-order valence-electron chi connectivity index (χ2n) is 6.52. The van der Waals surface area contributed by atoms with Crippen molar-refractivity contribution in [1.82, 2.24) is 14.9 Å². The van der Waals surface area contributed by atoms with Gasteiger partial charge in [-0.05, 0) is 49.3 Å². The van der Waals surface area contributed by atoms with Crippen molar-refractivity contribution in [2.45, 2.75) is 30.6 Å². The first-order valence-electron chi connectivity index (χ1n) is 7.96. The number of rotatable bonds is 4. The van der Waals surface area contributed by atoms with E-state index in [0.29, 0.717) is 17.4 Å². The molecule has 1 aromatic heterocycles. The Kier molecular flexibility index (Phi) is 3.64. The zero-order valence-corrected chi connectivity index (χ0v) is 13.7. The molecule has 1 N–H and O–H groups in total. The molecule has 126 valence electrons. The maximum Gasteiger partial charge on any atom is 0.264 e. The van der Waals surface area contributed by atoms with Gasteiger partial charge in [0.25, 0.3) is 10.0 Å². The Bertz CT molecular complexity index is 863. The first-order chi connectivity index (χ1) is 11.5. The maximum absolute atomic E-state index is 12.5. The van der Waals surface area contributed by atoms with E-state index in [9.17, 15) is 13.2 Å². The summed E-state index contributed by atoms with van der Waals surface area (Å²) < 4.78 is 32.4. The molecule has 8 heteroatoms. The highest BCUT2D eigenvalue weighted by Crippen LogP contribution is 2.48. The Hall–Kier alpha value is -2.22. The average molecular weight is 347 g/mol. The first kappa shape index (κ1) is 15.3.